The van der Waals surface area contributed by atoms with Crippen LogP contribution in [0.5, 0.6) is 0 Å². The molecule has 13 heavy (non-hydrogen) atoms. The van der Waals surface area contributed by atoms with Crippen LogP contribution in [-0.2, 0) is 0 Å². The van der Waals surface area contributed by atoms with Crippen LogP contribution < -0.4 is 0 Å². The number of nitrogens with zero attached hydrogens (tertiary/aromatic N) is 2. The fourth-order valence-corrected chi connectivity index (χ4v) is 1.24. The van der Waals surface area contributed by atoms with Gasteiger partial charge in [-0.05, 0) is 12.1 Å². The van der Waals surface area contributed by atoms with Crippen molar-refractivity contribution in [2.24, 2.45) is 0 Å². The van der Waals surface area contributed by atoms with Gasteiger partial charge >= 0.3 is 0 Å². The van der Waals surface area contributed by atoms with Crippen molar-refractivity contribution in [2.45, 2.75) is 0 Å². The van der Waals surface area contributed by atoms with E-state index in [9.17, 15) is 0 Å². The van der Waals surface area contributed by atoms with E-state index in [0.717, 1.165) is 5.56 Å². The van der Waals surface area contributed by atoms with Gasteiger partial charge in [0.15, 0.2) is 5.15 Å². The Kier molecular flexibility index (Phi) is 2.20. The highest BCUT2D eigenvalue weighted by atomic mass is 35.5. The summed E-state index contributed by atoms with van der Waals surface area (Å²) in [5.74, 6) is 0.650. The zero-order valence-electron chi connectivity index (χ0n) is 6.46. The third-order valence-corrected chi connectivity index (χ3v) is 2.22. The van der Waals surface area contributed by atoms with E-state index in [2.05, 4.69) is 15.0 Å². The van der Waals surface area contributed by atoms with E-state index in [4.69, 9.17) is 23.2 Å². The zero-order chi connectivity index (χ0) is 9.26. The first kappa shape index (κ1) is 8.53. The van der Waals surface area contributed by atoms with Crippen LogP contribution >= 0.6 is 23.2 Å². The Morgan fingerprint density at radius 2 is 1.85 bits per heavy atom. The Bertz CT molecular complexity index is 391. The number of aromatic amines is 1. The van der Waals surface area contributed by atoms with E-state index in [1.807, 2.05) is 12.1 Å². The lowest BCUT2D eigenvalue weighted by Gasteiger charge is -1.92. The molecule has 66 valence electrons. The van der Waals surface area contributed by atoms with E-state index in [-0.39, 0.29) is 5.15 Å². The molecule has 0 saturated carbocycles. The maximum absolute atomic E-state index is 5.71. The molecule has 2 heterocycles. The van der Waals surface area contributed by atoms with Crippen molar-refractivity contribution in [3.8, 4) is 11.4 Å². The molecule has 0 saturated heterocycles. The summed E-state index contributed by atoms with van der Waals surface area (Å²) in [6.45, 7) is 0. The molecule has 5 heteroatoms. The number of hydrogen-bond donors (Lipinski definition) is 1. The number of aromatic nitrogens is 3. The molecular formula is C8H5Cl2N3. The summed E-state index contributed by atoms with van der Waals surface area (Å²) in [5.41, 5.74) is 0.906. The molecule has 2 aromatic rings. The van der Waals surface area contributed by atoms with Gasteiger partial charge in [0.05, 0.1) is 0 Å². The van der Waals surface area contributed by atoms with Crippen LogP contribution in [0.2, 0.25) is 10.3 Å². The predicted octanol–water partition coefficient (Wildman–Crippen LogP) is 2.78. The molecule has 3 nitrogen and oxygen atoms in total. The molecule has 0 radical (unpaired) electrons. The molecule has 0 bridgehead atoms. The highest BCUT2D eigenvalue weighted by Crippen LogP contribution is 2.23. The molecule has 0 aromatic carbocycles. The average Bonchev–Trinajstić information content (AvgIpc) is 2.49. The number of halogens is 2. The van der Waals surface area contributed by atoms with Crippen molar-refractivity contribution in [1.82, 2.24) is 15.0 Å². The van der Waals surface area contributed by atoms with Gasteiger partial charge in [-0.25, -0.2) is 4.98 Å². The second-order valence-corrected chi connectivity index (χ2v) is 3.16. The van der Waals surface area contributed by atoms with E-state index in [1.54, 1.807) is 12.4 Å². The highest BCUT2D eigenvalue weighted by Gasteiger charge is 2.06. The summed E-state index contributed by atoms with van der Waals surface area (Å²) in [6.07, 6.45) is 3.36. The van der Waals surface area contributed by atoms with Gasteiger partial charge in [0.1, 0.15) is 11.0 Å². The van der Waals surface area contributed by atoms with Gasteiger partial charge in [-0.1, -0.05) is 23.2 Å². The van der Waals surface area contributed by atoms with Crippen LogP contribution in [0.25, 0.3) is 11.4 Å². The van der Waals surface area contributed by atoms with Crippen molar-refractivity contribution in [1.29, 1.82) is 0 Å². The van der Waals surface area contributed by atoms with Crippen LogP contribution in [0.15, 0.2) is 24.5 Å². The number of nitrogens with one attached hydrogen (secondary N) is 1. The number of rotatable bonds is 1. The minimum Gasteiger partial charge on any atom is -0.328 e. The summed E-state index contributed by atoms with van der Waals surface area (Å²) < 4.78 is 0. The second-order valence-electron chi connectivity index (χ2n) is 2.43. The summed E-state index contributed by atoms with van der Waals surface area (Å²) >= 11 is 11.4. The quantitative estimate of drug-likeness (QED) is 0.792. The number of hydrogen-bond acceptors (Lipinski definition) is 2. The minimum atomic E-state index is 0.286. The van der Waals surface area contributed by atoms with Crippen molar-refractivity contribution in [2.75, 3.05) is 0 Å². The Balaban J connectivity index is 2.48. The summed E-state index contributed by atoms with van der Waals surface area (Å²) in [7, 11) is 0. The fraction of sp³-hybridized carbons (Fsp3) is 0. The van der Waals surface area contributed by atoms with E-state index >= 15 is 0 Å². The van der Waals surface area contributed by atoms with E-state index in [1.165, 1.54) is 0 Å². The Hall–Kier alpha value is -1.06. The first-order valence-corrected chi connectivity index (χ1v) is 4.34. The Labute approximate surface area is 84.7 Å². The van der Waals surface area contributed by atoms with Gasteiger partial charge in [0.25, 0.3) is 0 Å². The van der Waals surface area contributed by atoms with Crippen molar-refractivity contribution in [3.63, 3.8) is 0 Å². The predicted molar refractivity (Wildman–Crippen MR) is 51.8 cm³/mol. The third-order valence-electron chi connectivity index (χ3n) is 1.57. The average molecular weight is 214 g/mol. The standard InChI is InChI=1S/C8H5Cl2N3/c9-6-7(10)13-8(12-6)5-1-3-11-4-2-5/h1-4H,(H,12,13). The lowest BCUT2D eigenvalue weighted by atomic mass is 10.3. The lowest BCUT2D eigenvalue weighted by Crippen LogP contribution is -1.79. The van der Waals surface area contributed by atoms with E-state index in [0.29, 0.717) is 11.0 Å². The SMILES string of the molecule is Clc1nc(-c2ccncc2)[nH]c1Cl. The van der Waals surface area contributed by atoms with Crippen molar-refractivity contribution < 1.29 is 0 Å². The molecule has 0 aliphatic rings. The summed E-state index contributed by atoms with van der Waals surface area (Å²) in [6, 6.07) is 3.65. The van der Waals surface area contributed by atoms with Crippen LogP contribution in [0.1, 0.15) is 0 Å². The number of pyridine rings is 1. The molecule has 2 aromatic heterocycles. The first-order chi connectivity index (χ1) is 6.27. The number of H-pyrrole nitrogens is 1. The molecule has 0 amide bonds. The summed E-state index contributed by atoms with van der Waals surface area (Å²) in [4.78, 5) is 10.8. The molecule has 0 fully saturated rings. The highest BCUT2D eigenvalue weighted by molar-refractivity contribution is 6.40. The minimum absolute atomic E-state index is 0.286. The molecule has 1 N–H and O–H groups in total. The second kappa shape index (κ2) is 3.36. The van der Waals surface area contributed by atoms with Gasteiger partial charge < -0.3 is 4.98 Å². The van der Waals surface area contributed by atoms with Crippen molar-refractivity contribution >= 4 is 23.2 Å². The maximum atomic E-state index is 5.71. The topological polar surface area (TPSA) is 41.6 Å². The zero-order valence-corrected chi connectivity index (χ0v) is 7.97. The van der Waals surface area contributed by atoms with E-state index < -0.39 is 0 Å². The van der Waals surface area contributed by atoms with Gasteiger partial charge in [-0.2, -0.15) is 0 Å². The maximum Gasteiger partial charge on any atom is 0.166 e. The first-order valence-electron chi connectivity index (χ1n) is 3.59. The third kappa shape index (κ3) is 1.66. The molecule has 0 aliphatic heterocycles. The van der Waals surface area contributed by atoms with Crippen LogP contribution in [0, 0.1) is 0 Å². The van der Waals surface area contributed by atoms with Crippen LogP contribution in [0.4, 0.5) is 0 Å². The molecule has 0 aliphatic carbocycles. The van der Waals surface area contributed by atoms with Crippen molar-refractivity contribution in [3.05, 3.63) is 34.8 Å². The normalized spacial score (nSPS) is 10.3. The Morgan fingerprint density at radius 3 is 2.38 bits per heavy atom. The smallest absolute Gasteiger partial charge is 0.166 e. The summed E-state index contributed by atoms with van der Waals surface area (Å²) in [5, 5.41) is 0.641. The van der Waals surface area contributed by atoms with Gasteiger partial charge in [-0.15, -0.1) is 0 Å². The van der Waals surface area contributed by atoms with Crippen LogP contribution in [-0.4, -0.2) is 15.0 Å². The lowest BCUT2D eigenvalue weighted by molar-refractivity contribution is 1.27. The number of imidazole rings is 1. The molecule has 2 rings (SSSR count). The monoisotopic (exact) mass is 213 g/mol. The van der Waals surface area contributed by atoms with Gasteiger partial charge in [-0.3, -0.25) is 4.98 Å². The fourth-order valence-electron chi connectivity index (χ4n) is 0.977. The molecule has 0 spiro atoms. The molecular weight excluding hydrogens is 209 g/mol. The largest absolute Gasteiger partial charge is 0.328 e. The van der Waals surface area contributed by atoms with Crippen LogP contribution in [0.3, 0.4) is 0 Å². The van der Waals surface area contributed by atoms with Gasteiger partial charge in [0.2, 0.25) is 0 Å². The molecule has 0 unspecified atom stereocenters. The molecule has 0 atom stereocenters. The Morgan fingerprint density at radius 1 is 1.15 bits per heavy atom. The van der Waals surface area contributed by atoms with Gasteiger partial charge in [0, 0.05) is 18.0 Å².